The summed E-state index contributed by atoms with van der Waals surface area (Å²) < 4.78 is -0.763. The Morgan fingerprint density at radius 1 is 1.38 bits per heavy atom. The van der Waals surface area contributed by atoms with Crippen LogP contribution in [0.1, 0.15) is 31.7 Å². The summed E-state index contributed by atoms with van der Waals surface area (Å²) in [6, 6.07) is 8.32. The summed E-state index contributed by atoms with van der Waals surface area (Å²) >= 11 is 1.51. The van der Waals surface area contributed by atoms with Crippen molar-refractivity contribution in [3.8, 4) is 0 Å². The van der Waals surface area contributed by atoms with Gasteiger partial charge in [-0.05, 0) is 24.8 Å². The number of carbonyl (C=O) groups excluding carboxylic acids is 2. The Morgan fingerprint density at radius 3 is 2.69 bits per heavy atom. The third-order valence-corrected chi connectivity index (χ3v) is 9.16. The van der Waals surface area contributed by atoms with Crippen LogP contribution in [0.5, 0.6) is 0 Å². The van der Waals surface area contributed by atoms with E-state index in [1.165, 1.54) is 16.7 Å². The molecule has 0 saturated carbocycles. The van der Waals surface area contributed by atoms with Crippen LogP contribution in [0.15, 0.2) is 43.0 Å². The molecule has 2 unspecified atom stereocenters. The molecule has 1 spiro atoms. The monoisotopic (exact) mass is 458 g/mol. The van der Waals surface area contributed by atoms with Gasteiger partial charge in [0.15, 0.2) is 0 Å². The number of hydrogen-bond acceptors (Lipinski definition) is 5. The maximum Gasteiger partial charge on any atom is 0.308 e. The molecule has 8 heteroatoms. The number of carboxylic acid groups (broad SMARTS) is 1. The van der Waals surface area contributed by atoms with Gasteiger partial charge in [-0.25, -0.2) is 0 Å². The van der Waals surface area contributed by atoms with E-state index in [9.17, 15) is 24.6 Å². The summed E-state index contributed by atoms with van der Waals surface area (Å²) in [7, 11) is 0. The normalized spacial score (nSPS) is 31.4. The van der Waals surface area contributed by atoms with Gasteiger partial charge in [0.2, 0.25) is 11.8 Å². The second-order valence-corrected chi connectivity index (χ2v) is 10.5. The van der Waals surface area contributed by atoms with Crippen LogP contribution >= 0.6 is 11.8 Å². The van der Waals surface area contributed by atoms with Gasteiger partial charge in [-0.3, -0.25) is 14.4 Å². The van der Waals surface area contributed by atoms with Crippen molar-refractivity contribution in [2.45, 2.75) is 54.8 Å². The summed E-state index contributed by atoms with van der Waals surface area (Å²) in [5, 5.41) is 19.8. The number of aliphatic carboxylic acids is 1. The predicted octanol–water partition coefficient (Wildman–Crippen LogP) is 2.15. The Kier molecular flexibility index (Phi) is 6.36. The van der Waals surface area contributed by atoms with Gasteiger partial charge in [0.25, 0.3) is 0 Å². The fourth-order valence-electron chi connectivity index (χ4n) is 5.82. The van der Waals surface area contributed by atoms with Crippen molar-refractivity contribution < 1.29 is 24.6 Å². The molecule has 2 bridgehead atoms. The number of nitrogens with zero attached hydrogens (tertiary/aromatic N) is 2. The van der Waals surface area contributed by atoms with Crippen LogP contribution in [0, 0.1) is 11.8 Å². The minimum absolute atomic E-state index is 0.157. The van der Waals surface area contributed by atoms with E-state index in [1.54, 1.807) is 11.0 Å². The Labute approximate surface area is 192 Å². The number of hydrogen-bond donors (Lipinski definition) is 2. The summed E-state index contributed by atoms with van der Waals surface area (Å²) in [5.74, 6) is -3.00. The smallest absolute Gasteiger partial charge is 0.308 e. The molecule has 1 aromatic rings. The Hall–Kier alpha value is -2.32. The number of carboxylic acids is 1. The van der Waals surface area contributed by atoms with Crippen LogP contribution in [-0.4, -0.2) is 73.0 Å². The molecular weight excluding hydrogens is 428 g/mol. The number of aliphatic hydroxyl groups is 1. The molecule has 3 fully saturated rings. The minimum atomic E-state index is -0.972. The quantitative estimate of drug-likeness (QED) is 0.551. The van der Waals surface area contributed by atoms with Gasteiger partial charge in [-0.2, -0.15) is 0 Å². The summed E-state index contributed by atoms with van der Waals surface area (Å²) in [6.07, 6.45) is 3.46. The number of rotatable bonds is 9. The van der Waals surface area contributed by atoms with Crippen molar-refractivity contribution in [3.05, 3.63) is 48.6 Å². The molecule has 2 amide bonds. The van der Waals surface area contributed by atoms with Gasteiger partial charge in [-0.15, -0.1) is 18.3 Å². The summed E-state index contributed by atoms with van der Waals surface area (Å²) in [4.78, 5) is 43.0. The van der Waals surface area contributed by atoms with E-state index < -0.39 is 34.6 Å². The molecular formula is C24H30N2O5S. The summed E-state index contributed by atoms with van der Waals surface area (Å²) in [5.41, 5.74) is 0.966. The Morgan fingerprint density at radius 2 is 2.09 bits per heavy atom. The van der Waals surface area contributed by atoms with Crippen molar-refractivity contribution in [1.29, 1.82) is 0 Å². The fourth-order valence-corrected chi connectivity index (χ4v) is 8.02. The van der Waals surface area contributed by atoms with Crippen molar-refractivity contribution in [1.82, 2.24) is 9.80 Å². The molecule has 32 heavy (non-hydrogen) atoms. The summed E-state index contributed by atoms with van der Waals surface area (Å²) in [6.45, 7) is 6.10. The number of likely N-dealkylation sites (tertiary alicyclic amines) is 1. The van der Waals surface area contributed by atoms with E-state index >= 15 is 0 Å². The van der Waals surface area contributed by atoms with Crippen molar-refractivity contribution >= 4 is 29.5 Å². The van der Waals surface area contributed by atoms with Gasteiger partial charge in [-0.1, -0.05) is 43.3 Å². The van der Waals surface area contributed by atoms with Gasteiger partial charge in [0.05, 0.1) is 29.2 Å². The van der Waals surface area contributed by atoms with E-state index in [-0.39, 0.29) is 23.7 Å². The van der Waals surface area contributed by atoms with Crippen molar-refractivity contribution in [2.24, 2.45) is 11.8 Å². The van der Waals surface area contributed by atoms with Gasteiger partial charge in [0, 0.05) is 18.3 Å². The first-order chi connectivity index (χ1) is 15.4. The van der Waals surface area contributed by atoms with E-state index in [2.05, 4.69) is 6.58 Å². The number of aliphatic hydroxyl groups excluding tert-OH is 1. The average molecular weight is 459 g/mol. The molecule has 3 heterocycles. The first kappa shape index (κ1) is 22.9. The third kappa shape index (κ3) is 3.44. The molecule has 6 atom stereocenters. The van der Waals surface area contributed by atoms with Crippen molar-refractivity contribution in [3.63, 3.8) is 0 Å². The first-order valence-electron chi connectivity index (χ1n) is 11.2. The lowest BCUT2D eigenvalue weighted by molar-refractivity contribution is -0.150. The highest BCUT2D eigenvalue weighted by Gasteiger charge is 2.74. The molecule has 1 aromatic carbocycles. The molecule has 172 valence electrons. The first-order valence-corrected chi connectivity index (χ1v) is 12.0. The van der Waals surface area contributed by atoms with Crippen LogP contribution < -0.4 is 0 Å². The van der Waals surface area contributed by atoms with E-state index in [0.717, 1.165) is 5.56 Å². The van der Waals surface area contributed by atoms with Gasteiger partial charge >= 0.3 is 5.97 Å². The molecule has 2 N–H and O–H groups in total. The lowest BCUT2D eigenvalue weighted by Crippen LogP contribution is -2.57. The van der Waals surface area contributed by atoms with Gasteiger partial charge in [0.1, 0.15) is 6.04 Å². The lowest BCUT2D eigenvalue weighted by atomic mass is 9.71. The van der Waals surface area contributed by atoms with Crippen molar-refractivity contribution in [2.75, 3.05) is 13.2 Å². The topological polar surface area (TPSA) is 98.2 Å². The molecule has 7 nitrogen and oxygen atoms in total. The lowest BCUT2D eigenvalue weighted by Gasteiger charge is -2.39. The average Bonchev–Trinajstić information content (AvgIpc) is 3.43. The zero-order chi connectivity index (χ0) is 23.0. The molecule has 3 saturated heterocycles. The van der Waals surface area contributed by atoms with Crippen LogP contribution in [-0.2, 0) is 20.9 Å². The Bertz CT molecular complexity index is 905. The minimum Gasteiger partial charge on any atom is -0.481 e. The second-order valence-electron chi connectivity index (χ2n) is 8.88. The van der Waals surface area contributed by atoms with E-state index in [4.69, 9.17) is 0 Å². The van der Waals surface area contributed by atoms with E-state index in [1.807, 2.05) is 37.3 Å². The zero-order valence-electron chi connectivity index (χ0n) is 18.2. The number of amides is 2. The van der Waals surface area contributed by atoms with Crippen LogP contribution in [0.2, 0.25) is 0 Å². The second kappa shape index (κ2) is 8.90. The van der Waals surface area contributed by atoms with Crippen LogP contribution in [0.4, 0.5) is 0 Å². The molecule has 0 radical (unpaired) electrons. The highest BCUT2D eigenvalue weighted by molar-refractivity contribution is 8.02. The zero-order valence-corrected chi connectivity index (χ0v) is 19.0. The number of carbonyl (C=O) groups is 3. The maximum absolute atomic E-state index is 14.1. The SMILES string of the molecule is C=CCN(Cc1ccccc1)C(=O)C1N([C@@H](CC)CO)C(=O)[C@@H]2[C@H](C(=O)O)[C@@H]3CCC12S3. The third-order valence-electron chi connectivity index (χ3n) is 7.21. The molecule has 4 rings (SSSR count). The van der Waals surface area contributed by atoms with Gasteiger partial charge < -0.3 is 20.0 Å². The largest absolute Gasteiger partial charge is 0.481 e. The highest BCUT2D eigenvalue weighted by atomic mass is 32.2. The number of fused-ring (bicyclic) bond motifs is 1. The standard InChI is InChI=1S/C24H30N2O5S/c1-3-12-25(13-15-8-6-5-7-9-15)22(29)20-24-11-10-17(32-24)18(23(30)31)19(24)21(28)26(20)16(4-2)14-27/h3,5-9,16-20,27H,1,4,10-14H2,2H3,(H,30,31)/t16-,17-,18+,19-,20?,24?/m0/s1. The molecule has 3 aliphatic heterocycles. The fraction of sp³-hybridized carbons (Fsp3) is 0.542. The molecule has 0 aromatic heterocycles. The maximum atomic E-state index is 14.1. The van der Waals surface area contributed by atoms with Crippen LogP contribution in [0.25, 0.3) is 0 Å². The molecule has 3 aliphatic rings. The molecule has 0 aliphatic carbocycles. The van der Waals surface area contributed by atoms with E-state index in [0.29, 0.717) is 32.4 Å². The highest BCUT2D eigenvalue weighted by Crippen LogP contribution is 2.66. The predicted molar refractivity (Wildman–Crippen MR) is 122 cm³/mol. The number of thioether (sulfide) groups is 1. The number of benzene rings is 1. The van der Waals surface area contributed by atoms with Crippen LogP contribution in [0.3, 0.4) is 0 Å². The Balaban J connectivity index is 1.76.